The smallest absolute Gasteiger partial charge is 0.255 e. The van der Waals surface area contributed by atoms with Crippen LogP contribution in [-0.2, 0) is 0 Å². The summed E-state index contributed by atoms with van der Waals surface area (Å²) in [5, 5.41) is 3.16. The van der Waals surface area contributed by atoms with Gasteiger partial charge in [-0.1, -0.05) is 29.3 Å². The van der Waals surface area contributed by atoms with Gasteiger partial charge in [-0.3, -0.25) is 4.79 Å². The van der Waals surface area contributed by atoms with Gasteiger partial charge in [-0.2, -0.15) is 0 Å². The lowest BCUT2D eigenvalue weighted by Crippen LogP contribution is -2.11. The second kappa shape index (κ2) is 7.22. The zero-order valence-corrected chi connectivity index (χ0v) is 15.5. The summed E-state index contributed by atoms with van der Waals surface area (Å²) in [6.45, 7) is 0. The maximum absolute atomic E-state index is 13.5. The minimum absolute atomic E-state index is 0.0278. The summed E-state index contributed by atoms with van der Waals surface area (Å²) in [6, 6.07) is 13.1. The number of carbonyl (C=O) groups excluding carboxylic acids is 1. The van der Waals surface area contributed by atoms with Gasteiger partial charge in [0.2, 0.25) is 5.89 Å². The molecule has 3 aromatic carbocycles. The predicted molar refractivity (Wildman–Crippen MR) is 104 cm³/mol. The van der Waals surface area contributed by atoms with Crippen molar-refractivity contribution in [3.05, 3.63) is 81.8 Å². The molecule has 1 N–H and O–H groups in total. The summed E-state index contributed by atoms with van der Waals surface area (Å²) >= 11 is 11.9. The lowest BCUT2D eigenvalue weighted by atomic mass is 10.2. The number of nitrogens with one attached hydrogen (secondary N) is 1. The Hall–Kier alpha value is -2.96. The highest BCUT2D eigenvalue weighted by Crippen LogP contribution is 2.32. The van der Waals surface area contributed by atoms with Gasteiger partial charge in [0.1, 0.15) is 5.52 Å². The summed E-state index contributed by atoms with van der Waals surface area (Å²) in [7, 11) is 0. The number of aromatic nitrogens is 1. The van der Waals surface area contributed by atoms with Crippen molar-refractivity contribution in [3.63, 3.8) is 0 Å². The molecule has 1 aromatic heterocycles. The van der Waals surface area contributed by atoms with E-state index in [4.69, 9.17) is 27.6 Å². The number of oxazole rings is 1. The molecule has 0 fully saturated rings. The maximum Gasteiger partial charge on any atom is 0.255 e. The largest absolute Gasteiger partial charge is 0.436 e. The van der Waals surface area contributed by atoms with Crippen molar-refractivity contribution in [2.24, 2.45) is 0 Å². The zero-order chi connectivity index (χ0) is 19.8. The SMILES string of the molecule is O=C(Nc1ccc2oc(-c3cc(F)c(F)cc3Cl)nc2c1)c1cccc(Cl)c1. The topological polar surface area (TPSA) is 55.1 Å². The number of anilines is 1. The lowest BCUT2D eigenvalue weighted by molar-refractivity contribution is 0.102. The fourth-order valence-electron chi connectivity index (χ4n) is 2.64. The quantitative estimate of drug-likeness (QED) is 0.395. The first-order chi connectivity index (χ1) is 13.4. The molecular formula is C20H10Cl2F2N2O2. The van der Waals surface area contributed by atoms with E-state index in [1.54, 1.807) is 42.5 Å². The van der Waals surface area contributed by atoms with E-state index in [9.17, 15) is 13.6 Å². The molecule has 0 saturated carbocycles. The highest BCUT2D eigenvalue weighted by atomic mass is 35.5. The van der Waals surface area contributed by atoms with Gasteiger partial charge in [-0.25, -0.2) is 13.8 Å². The third-order valence-corrected chi connectivity index (χ3v) is 4.52. The van der Waals surface area contributed by atoms with E-state index < -0.39 is 11.6 Å². The molecule has 4 nitrogen and oxygen atoms in total. The molecule has 0 aliphatic carbocycles. The summed E-state index contributed by atoms with van der Waals surface area (Å²) in [6.07, 6.45) is 0. The van der Waals surface area contributed by atoms with Gasteiger partial charge in [-0.15, -0.1) is 0 Å². The maximum atomic E-state index is 13.5. The minimum Gasteiger partial charge on any atom is -0.436 e. The van der Waals surface area contributed by atoms with Crippen LogP contribution in [0.5, 0.6) is 0 Å². The molecule has 1 heterocycles. The van der Waals surface area contributed by atoms with Crippen LogP contribution < -0.4 is 5.32 Å². The molecule has 0 unspecified atom stereocenters. The molecule has 4 aromatic rings. The summed E-state index contributed by atoms with van der Waals surface area (Å²) in [4.78, 5) is 16.6. The van der Waals surface area contributed by atoms with Crippen molar-refractivity contribution < 1.29 is 18.0 Å². The average Bonchev–Trinajstić information content (AvgIpc) is 3.07. The monoisotopic (exact) mass is 418 g/mol. The van der Waals surface area contributed by atoms with Gasteiger partial charge in [0.15, 0.2) is 17.2 Å². The van der Waals surface area contributed by atoms with Crippen LogP contribution in [0, 0.1) is 11.6 Å². The third-order valence-electron chi connectivity index (χ3n) is 3.97. The van der Waals surface area contributed by atoms with E-state index in [1.165, 1.54) is 0 Å². The van der Waals surface area contributed by atoms with Gasteiger partial charge in [0, 0.05) is 16.3 Å². The zero-order valence-electron chi connectivity index (χ0n) is 14.0. The molecule has 0 bridgehead atoms. The Bertz CT molecular complexity index is 1220. The van der Waals surface area contributed by atoms with E-state index in [-0.39, 0.29) is 22.4 Å². The number of hydrogen-bond acceptors (Lipinski definition) is 3. The Kier molecular flexibility index (Phi) is 4.75. The van der Waals surface area contributed by atoms with Crippen molar-refractivity contribution >= 4 is 45.9 Å². The molecule has 8 heteroatoms. The Labute approximate surface area is 167 Å². The van der Waals surface area contributed by atoms with Crippen LogP contribution in [0.2, 0.25) is 10.0 Å². The molecule has 0 radical (unpaired) electrons. The number of amides is 1. The first-order valence-corrected chi connectivity index (χ1v) is 8.79. The van der Waals surface area contributed by atoms with Crippen LogP contribution in [0.15, 0.2) is 59.0 Å². The second-order valence-corrected chi connectivity index (χ2v) is 6.76. The number of carbonyl (C=O) groups is 1. The number of halogens is 4. The highest BCUT2D eigenvalue weighted by molar-refractivity contribution is 6.33. The average molecular weight is 419 g/mol. The molecule has 4 rings (SSSR count). The van der Waals surface area contributed by atoms with E-state index in [1.807, 2.05) is 0 Å². The Morgan fingerprint density at radius 2 is 1.79 bits per heavy atom. The Balaban J connectivity index is 1.65. The fraction of sp³-hybridized carbons (Fsp3) is 0. The van der Waals surface area contributed by atoms with Crippen LogP contribution in [0.4, 0.5) is 14.5 Å². The van der Waals surface area contributed by atoms with Crippen LogP contribution >= 0.6 is 23.2 Å². The number of fused-ring (bicyclic) bond motifs is 1. The molecule has 0 atom stereocenters. The number of nitrogens with zero attached hydrogens (tertiary/aromatic N) is 1. The van der Waals surface area contributed by atoms with Crippen molar-refractivity contribution in [3.8, 4) is 11.5 Å². The van der Waals surface area contributed by atoms with Gasteiger partial charge in [0.25, 0.3) is 5.91 Å². The number of benzene rings is 3. The molecule has 140 valence electrons. The van der Waals surface area contributed by atoms with Crippen molar-refractivity contribution in [2.75, 3.05) is 5.32 Å². The van der Waals surface area contributed by atoms with Crippen LogP contribution in [0.3, 0.4) is 0 Å². The highest BCUT2D eigenvalue weighted by Gasteiger charge is 2.16. The van der Waals surface area contributed by atoms with E-state index in [0.717, 1.165) is 12.1 Å². The summed E-state index contributed by atoms with van der Waals surface area (Å²) < 4.78 is 32.4. The lowest BCUT2D eigenvalue weighted by Gasteiger charge is -2.05. The third kappa shape index (κ3) is 3.56. The summed E-state index contributed by atoms with van der Waals surface area (Å²) in [5.74, 6) is -2.42. The van der Waals surface area contributed by atoms with E-state index >= 15 is 0 Å². The minimum atomic E-state index is -1.06. The molecule has 28 heavy (non-hydrogen) atoms. The number of rotatable bonds is 3. The van der Waals surface area contributed by atoms with Crippen molar-refractivity contribution in [1.82, 2.24) is 4.98 Å². The van der Waals surface area contributed by atoms with E-state index in [2.05, 4.69) is 10.3 Å². The van der Waals surface area contributed by atoms with Crippen LogP contribution in [-0.4, -0.2) is 10.9 Å². The molecule has 0 saturated heterocycles. The predicted octanol–water partition coefficient (Wildman–Crippen LogP) is 6.33. The molecule has 0 aliphatic rings. The molecule has 0 spiro atoms. The standard InChI is InChI=1S/C20H10Cl2F2N2O2/c21-11-3-1-2-10(6-11)19(27)25-12-4-5-18-17(7-12)26-20(28-18)13-8-15(23)16(24)9-14(13)22/h1-9H,(H,25,27). The van der Waals surface area contributed by atoms with Gasteiger partial charge >= 0.3 is 0 Å². The van der Waals surface area contributed by atoms with Crippen molar-refractivity contribution in [2.45, 2.75) is 0 Å². The van der Waals surface area contributed by atoms with Gasteiger partial charge in [0.05, 0.1) is 10.6 Å². The Morgan fingerprint density at radius 1 is 1.00 bits per heavy atom. The Morgan fingerprint density at radius 3 is 2.57 bits per heavy atom. The second-order valence-electron chi connectivity index (χ2n) is 5.91. The molecular weight excluding hydrogens is 409 g/mol. The summed E-state index contributed by atoms with van der Waals surface area (Å²) in [5.41, 5.74) is 1.83. The molecule has 0 aliphatic heterocycles. The first kappa shape index (κ1) is 18.4. The molecule has 1 amide bonds. The normalized spacial score (nSPS) is 11.0. The van der Waals surface area contributed by atoms with Crippen LogP contribution in [0.1, 0.15) is 10.4 Å². The van der Waals surface area contributed by atoms with Crippen LogP contribution in [0.25, 0.3) is 22.6 Å². The van der Waals surface area contributed by atoms with Gasteiger partial charge < -0.3 is 9.73 Å². The number of hydrogen-bond donors (Lipinski definition) is 1. The van der Waals surface area contributed by atoms with E-state index in [0.29, 0.717) is 27.4 Å². The first-order valence-electron chi connectivity index (χ1n) is 8.03. The van der Waals surface area contributed by atoms with Crippen molar-refractivity contribution in [1.29, 1.82) is 0 Å². The van der Waals surface area contributed by atoms with Gasteiger partial charge in [-0.05, 0) is 48.5 Å². The fourth-order valence-corrected chi connectivity index (χ4v) is 3.06.